The van der Waals surface area contributed by atoms with Crippen molar-refractivity contribution < 1.29 is 26.4 Å². The highest BCUT2D eigenvalue weighted by atomic mass is 32.2. The van der Waals surface area contributed by atoms with Gasteiger partial charge in [0.2, 0.25) is 5.91 Å². The first-order valence-electron chi connectivity index (χ1n) is 10.8. The van der Waals surface area contributed by atoms with Crippen LogP contribution in [0.1, 0.15) is 29.5 Å². The molecule has 0 unspecified atom stereocenters. The lowest BCUT2D eigenvalue weighted by Crippen LogP contribution is -2.35. The average molecular weight is 489 g/mol. The Hall–Kier alpha value is -3.33. The molecule has 34 heavy (non-hydrogen) atoms. The van der Waals surface area contributed by atoms with Gasteiger partial charge in [0.15, 0.2) is 0 Å². The molecule has 0 saturated heterocycles. The molecule has 0 atom stereocenters. The molecule has 5 nitrogen and oxygen atoms in total. The van der Waals surface area contributed by atoms with Crippen LogP contribution >= 0.6 is 0 Å². The number of para-hydroxylation sites is 1. The minimum Gasteiger partial charge on any atom is -0.326 e. The predicted molar refractivity (Wildman–Crippen MR) is 124 cm³/mol. The topological polar surface area (TPSA) is 66.5 Å². The van der Waals surface area contributed by atoms with Crippen molar-refractivity contribution in [3.63, 3.8) is 0 Å². The molecule has 1 heterocycles. The molecule has 1 aliphatic heterocycles. The van der Waals surface area contributed by atoms with Crippen molar-refractivity contribution in [1.29, 1.82) is 0 Å². The van der Waals surface area contributed by atoms with E-state index in [0.29, 0.717) is 18.7 Å². The lowest BCUT2D eigenvalue weighted by atomic mass is 10.0. The van der Waals surface area contributed by atoms with Crippen molar-refractivity contribution in [1.82, 2.24) is 0 Å². The fraction of sp³-hybridized carbons (Fsp3) is 0.240. The molecule has 0 aliphatic carbocycles. The Morgan fingerprint density at radius 2 is 1.71 bits per heavy atom. The molecule has 0 spiro atoms. The van der Waals surface area contributed by atoms with E-state index in [4.69, 9.17) is 0 Å². The summed E-state index contributed by atoms with van der Waals surface area (Å²) in [7, 11) is -3.72. The van der Waals surface area contributed by atoms with E-state index in [1.165, 1.54) is 28.6 Å². The number of rotatable bonds is 6. The molecule has 0 radical (unpaired) electrons. The number of hydrogen-bond donors (Lipinski definition) is 1. The van der Waals surface area contributed by atoms with Gasteiger partial charge in [0.1, 0.15) is 0 Å². The van der Waals surface area contributed by atoms with Crippen LogP contribution in [0.4, 0.5) is 24.5 Å². The van der Waals surface area contributed by atoms with Gasteiger partial charge in [0.25, 0.3) is 10.0 Å². The van der Waals surface area contributed by atoms with E-state index in [-0.39, 0.29) is 17.0 Å². The fourth-order valence-corrected chi connectivity index (χ4v) is 5.50. The standard InChI is InChI=1S/C25H23F3N2O3S/c26-25(27,28)20-7-3-8-21(17-20)29-24(31)15-12-18-10-13-22(14-11-18)34(32,33)30-16-4-6-19-5-1-2-9-23(19)30/h1-3,5,7-11,13-14,17H,4,6,12,15-16H2,(H,29,31). The summed E-state index contributed by atoms with van der Waals surface area (Å²) in [4.78, 5) is 12.4. The number of carbonyl (C=O) groups is 1. The Morgan fingerprint density at radius 1 is 0.971 bits per heavy atom. The highest BCUT2D eigenvalue weighted by molar-refractivity contribution is 7.92. The number of hydrogen-bond acceptors (Lipinski definition) is 3. The van der Waals surface area contributed by atoms with Gasteiger partial charge in [-0.25, -0.2) is 8.42 Å². The third kappa shape index (κ3) is 5.25. The number of nitrogens with one attached hydrogen (secondary N) is 1. The van der Waals surface area contributed by atoms with Crippen LogP contribution in [0.5, 0.6) is 0 Å². The Kier molecular flexibility index (Phi) is 6.65. The van der Waals surface area contributed by atoms with Gasteiger partial charge in [-0.3, -0.25) is 9.10 Å². The number of benzene rings is 3. The molecule has 3 aromatic rings. The third-order valence-electron chi connectivity index (χ3n) is 5.69. The van der Waals surface area contributed by atoms with Gasteiger partial charge < -0.3 is 5.32 Å². The molecule has 0 bridgehead atoms. The maximum atomic E-state index is 13.2. The van der Waals surface area contributed by atoms with Crippen molar-refractivity contribution >= 4 is 27.3 Å². The summed E-state index contributed by atoms with van der Waals surface area (Å²) in [5.41, 5.74) is 1.68. The van der Waals surface area contributed by atoms with Crippen LogP contribution in [0.15, 0.2) is 77.7 Å². The van der Waals surface area contributed by atoms with Gasteiger partial charge in [0.05, 0.1) is 16.1 Å². The van der Waals surface area contributed by atoms with Crippen molar-refractivity contribution in [3.8, 4) is 0 Å². The molecule has 1 amide bonds. The zero-order chi connectivity index (χ0) is 24.3. The maximum Gasteiger partial charge on any atom is 0.416 e. The van der Waals surface area contributed by atoms with Crippen molar-refractivity contribution in [2.24, 2.45) is 0 Å². The van der Waals surface area contributed by atoms with Crippen LogP contribution < -0.4 is 9.62 Å². The molecule has 3 aromatic carbocycles. The highest BCUT2D eigenvalue weighted by Gasteiger charge is 2.31. The lowest BCUT2D eigenvalue weighted by molar-refractivity contribution is -0.137. The first-order valence-corrected chi connectivity index (χ1v) is 12.3. The van der Waals surface area contributed by atoms with E-state index in [1.54, 1.807) is 12.1 Å². The molecular weight excluding hydrogens is 465 g/mol. The first kappa shape index (κ1) is 23.8. The zero-order valence-corrected chi connectivity index (χ0v) is 19.0. The molecule has 1 aliphatic rings. The normalized spacial score (nSPS) is 13.9. The average Bonchev–Trinajstić information content (AvgIpc) is 2.82. The Morgan fingerprint density at radius 3 is 2.44 bits per heavy atom. The first-order chi connectivity index (χ1) is 16.1. The maximum absolute atomic E-state index is 13.2. The van der Waals surface area contributed by atoms with E-state index < -0.39 is 27.7 Å². The van der Waals surface area contributed by atoms with Crippen LogP contribution in [0.3, 0.4) is 0 Å². The number of nitrogens with zero attached hydrogens (tertiary/aromatic N) is 1. The molecule has 0 fully saturated rings. The number of carbonyl (C=O) groups excluding carboxylic acids is 1. The molecule has 178 valence electrons. The van der Waals surface area contributed by atoms with E-state index in [2.05, 4.69) is 5.32 Å². The number of amides is 1. The minimum absolute atomic E-state index is 0.0435. The second kappa shape index (κ2) is 9.50. The summed E-state index contributed by atoms with van der Waals surface area (Å²) in [5, 5.41) is 2.47. The molecule has 0 saturated carbocycles. The van der Waals surface area contributed by atoms with Gasteiger partial charge in [-0.1, -0.05) is 36.4 Å². The van der Waals surface area contributed by atoms with Gasteiger partial charge in [0, 0.05) is 18.7 Å². The summed E-state index contributed by atoms with van der Waals surface area (Å²) in [6, 6.07) is 18.3. The van der Waals surface area contributed by atoms with Crippen LogP contribution in [0.2, 0.25) is 0 Å². The molecular formula is C25H23F3N2O3S. The van der Waals surface area contributed by atoms with E-state index in [9.17, 15) is 26.4 Å². The second-order valence-corrected chi connectivity index (χ2v) is 9.94. The van der Waals surface area contributed by atoms with Gasteiger partial charge >= 0.3 is 6.18 Å². The van der Waals surface area contributed by atoms with Crippen LogP contribution in [0, 0.1) is 0 Å². The number of alkyl halides is 3. The summed E-state index contributed by atoms with van der Waals surface area (Å²) in [6.07, 6.45) is -2.54. The third-order valence-corrected chi connectivity index (χ3v) is 7.52. The molecule has 9 heteroatoms. The smallest absolute Gasteiger partial charge is 0.326 e. The van der Waals surface area contributed by atoms with Crippen LogP contribution in [-0.2, 0) is 33.8 Å². The zero-order valence-electron chi connectivity index (χ0n) is 18.2. The Labute approximate surface area is 196 Å². The summed E-state index contributed by atoms with van der Waals surface area (Å²) in [5.74, 6) is -0.430. The monoisotopic (exact) mass is 488 g/mol. The quantitative estimate of drug-likeness (QED) is 0.504. The summed E-state index contributed by atoms with van der Waals surface area (Å²) < 4.78 is 66.3. The van der Waals surface area contributed by atoms with Crippen molar-refractivity contribution in [3.05, 3.63) is 89.5 Å². The largest absolute Gasteiger partial charge is 0.416 e. The number of fused-ring (bicyclic) bond motifs is 1. The van der Waals surface area contributed by atoms with Gasteiger partial charge in [-0.05, 0) is 66.8 Å². The summed E-state index contributed by atoms with van der Waals surface area (Å²) >= 11 is 0. The van der Waals surface area contributed by atoms with Crippen molar-refractivity contribution in [2.45, 2.75) is 36.8 Å². The molecule has 1 N–H and O–H groups in total. The lowest BCUT2D eigenvalue weighted by Gasteiger charge is -2.30. The summed E-state index contributed by atoms with van der Waals surface area (Å²) in [6.45, 7) is 0.414. The van der Waals surface area contributed by atoms with E-state index in [1.807, 2.05) is 24.3 Å². The number of aryl methyl sites for hydroxylation is 2. The minimum atomic E-state index is -4.49. The molecule has 4 rings (SSSR count). The highest BCUT2D eigenvalue weighted by Crippen LogP contribution is 2.32. The SMILES string of the molecule is O=C(CCc1ccc(S(=O)(=O)N2CCCc3ccccc32)cc1)Nc1cccc(C(F)(F)F)c1. The van der Waals surface area contributed by atoms with Crippen LogP contribution in [-0.4, -0.2) is 20.9 Å². The Bertz CT molecular complexity index is 1290. The van der Waals surface area contributed by atoms with Crippen LogP contribution in [0.25, 0.3) is 0 Å². The predicted octanol–water partition coefficient (Wildman–Crippen LogP) is 5.42. The fourth-order valence-electron chi connectivity index (χ4n) is 3.96. The number of sulfonamides is 1. The number of anilines is 2. The van der Waals surface area contributed by atoms with Gasteiger partial charge in [-0.15, -0.1) is 0 Å². The number of halogens is 3. The Balaban J connectivity index is 1.39. The van der Waals surface area contributed by atoms with Gasteiger partial charge in [-0.2, -0.15) is 13.2 Å². The van der Waals surface area contributed by atoms with E-state index >= 15 is 0 Å². The second-order valence-electron chi connectivity index (χ2n) is 8.08. The molecule has 0 aromatic heterocycles. The van der Waals surface area contributed by atoms with E-state index in [0.717, 1.165) is 36.1 Å². The van der Waals surface area contributed by atoms with Crippen molar-refractivity contribution in [2.75, 3.05) is 16.2 Å².